The molecule has 0 spiro atoms. The average Bonchev–Trinajstić information content (AvgIpc) is 2.48. The Balaban J connectivity index is 2.26. The number of ether oxygens (including phenoxy) is 1. The van der Waals surface area contributed by atoms with Crippen LogP contribution in [0, 0.1) is 0 Å². The van der Waals surface area contributed by atoms with Gasteiger partial charge in [-0.1, -0.05) is 25.5 Å². The fraction of sp³-hybridized carbons (Fsp3) is 0.267. The molecule has 1 N–H and O–H groups in total. The first-order valence-electron chi connectivity index (χ1n) is 6.52. The molecule has 0 saturated heterocycles. The molecule has 0 saturated carbocycles. The minimum absolute atomic E-state index is 0.0623. The Morgan fingerprint density at radius 2 is 2.20 bits per heavy atom. The molecule has 0 radical (unpaired) electrons. The summed E-state index contributed by atoms with van der Waals surface area (Å²) >= 11 is 0. The summed E-state index contributed by atoms with van der Waals surface area (Å²) < 4.78 is 5.62. The maximum absolute atomic E-state index is 11.3. The van der Waals surface area contributed by atoms with E-state index in [1.807, 2.05) is 24.3 Å². The molecule has 0 aliphatic heterocycles. The number of unbranched alkanes of at least 4 members (excludes halogenated alkanes) is 1. The van der Waals surface area contributed by atoms with E-state index in [1.165, 1.54) is 6.07 Å². The average molecular weight is 272 g/mol. The van der Waals surface area contributed by atoms with Gasteiger partial charge in [-0.3, -0.25) is 9.59 Å². The number of aromatic nitrogens is 2. The highest BCUT2D eigenvalue weighted by Crippen LogP contribution is 2.21. The van der Waals surface area contributed by atoms with Crippen LogP contribution in [-0.2, 0) is 0 Å². The van der Waals surface area contributed by atoms with Gasteiger partial charge < -0.3 is 4.74 Å². The Labute approximate surface area is 116 Å². The lowest BCUT2D eigenvalue weighted by Gasteiger charge is -2.07. The summed E-state index contributed by atoms with van der Waals surface area (Å²) in [6, 6.07) is 8.87. The van der Waals surface area contributed by atoms with E-state index < -0.39 is 5.56 Å². The van der Waals surface area contributed by atoms with Crippen LogP contribution in [0.15, 0.2) is 35.1 Å². The Morgan fingerprint density at radius 3 is 2.95 bits per heavy atom. The molecule has 0 aliphatic carbocycles. The van der Waals surface area contributed by atoms with Crippen molar-refractivity contribution >= 4 is 6.29 Å². The molecule has 0 aliphatic rings. The number of nitrogens with one attached hydrogen (secondary N) is 1. The second kappa shape index (κ2) is 6.65. The van der Waals surface area contributed by atoms with Gasteiger partial charge in [-0.25, -0.2) is 5.10 Å². The van der Waals surface area contributed by atoms with Crippen molar-refractivity contribution in [2.45, 2.75) is 19.8 Å². The van der Waals surface area contributed by atoms with E-state index >= 15 is 0 Å². The monoisotopic (exact) mass is 272 g/mol. The second-order valence-corrected chi connectivity index (χ2v) is 4.39. The van der Waals surface area contributed by atoms with Crippen LogP contribution in [-0.4, -0.2) is 23.1 Å². The summed E-state index contributed by atoms with van der Waals surface area (Å²) in [4.78, 5) is 22.1. The van der Waals surface area contributed by atoms with Crippen molar-refractivity contribution in [1.82, 2.24) is 10.2 Å². The van der Waals surface area contributed by atoms with Crippen LogP contribution in [0.3, 0.4) is 0 Å². The minimum Gasteiger partial charge on any atom is -0.494 e. The van der Waals surface area contributed by atoms with Crippen LogP contribution in [0.2, 0.25) is 0 Å². The number of hydrogen-bond donors (Lipinski definition) is 1. The molecule has 5 heteroatoms. The number of aldehydes is 1. The standard InChI is InChI=1S/C15H16N2O3/c1-2-3-7-20-13-6-4-5-11(8-13)14-9-12(10-18)15(19)17-16-14/h4-6,8-10H,2-3,7H2,1H3,(H,17,19). The van der Waals surface area contributed by atoms with Crippen molar-refractivity contribution in [2.24, 2.45) is 0 Å². The second-order valence-electron chi connectivity index (χ2n) is 4.39. The van der Waals surface area contributed by atoms with Crippen molar-refractivity contribution in [3.05, 3.63) is 46.2 Å². The van der Waals surface area contributed by atoms with Gasteiger partial charge in [0.15, 0.2) is 6.29 Å². The van der Waals surface area contributed by atoms with Gasteiger partial charge in [0.25, 0.3) is 5.56 Å². The molecule has 0 unspecified atom stereocenters. The van der Waals surface area contributed by atoms with Gasteiger partial charge in [-0.15, -0.1) is 0 Å². The molecule has 2 rings (SSSR count). The van der Waals surface area contributed by atoms with Crippen molar-refractivity contribution in [1.29, 1.82) is 0 Å². The third-order valence-corrected chi connectivity index (χ3v) is 2.86. The third kappa shape index (κ3) is 3.32. The highest BCUT2D eigenvalue weighted by molar-refractivity contribution is 5.76. The van der Waals surface area contributed by atoms with Crippen LogP contribution in [0.25, 0.3) is 11.3 Å². The zero-order chi connectivity index (χ0) is 14.4. The number of nitrogens with zero attached hydrogens (tertiary/aromatic N) is 1. The third-order valence-electron chi connectivity index (χ3n) is 2.86. The fourth-order valence-electron chi connectivity index (χ4n) is 1.74. The Morgan fingerprint density at radius 1 is 1.35 bits per heavy atom. The number of rotatable bonds is 6. The predicted octanol–water partition coefficient (Wildman–Crippen LogP) is 2.43. The first-order chi connectivity index (χ1) is 9.74. The first-order valence-corrected chi connectivity index (χ1v) is 6.52. The summed E-state index contributed by atoms with van der Waals surface area (Å²) in [5.74, 6) is 0.747. The summed E-state index contributed by atoms with van der Waals surface area (Å²) in [5, 5.41) is 6.25. The highest BCUT2D eigenvalue weighted by Gasteiger charge is 2.05. The topological polar surface area (TPSA) is 72.1 Å². The number of carbonyl (C=O) groups is 1. The minimum atomic E-state index is -0.487. The molecule has 0 amide bonds. The number of H-pyrrole nitrogens is 1. The molecule has 0 bridgehead atoms. The maximum atomic E-state index is 11.3. The van der Waals surface area contributed by atoms with Gasteiger partial charge in [-0.2, -0.15) is 5.10 Å². The molecule has 20 heavy (non-hydrogen) atoms. The maximum Gasteiger partial charge on any atom is 0.274 e. The van der Waals surface area contributed by atoms with Gasteiger partial charge in [0.05, 0.1) is 17.9 Å². The van der Waals surface area contributed by atoms with Crippen molar-refractivity contribution in [3.8, 4) is 17.0 Å². The predicted molar refractivity (Wildman–Crippen MR) is 76.1 cm³/mol. The van der Waals surface area contributed by atoms with Crippen LogP contribution in [0.4, 0.5) is 0 Å². The van der Waals surface area contributed by atoms with E-state index in [4.69, 9.17) is 4.74 Å². The van der Waals surface area contributed by atoms with E-state index in [0.717, 1.165) is 24.2 Å². The lowest BCUT2D eigenvalue weighted by atomic mass is 10.1. The molecule has 5 nitrogen and oxygen atoms in total. The van der Waals surface area contributed by atoms with E-state index in [2.05, 4.69) is 17.1 Å². The van der Waals surface area contributed by atoms with Crippen molar-refractivity contribution < 1.29 is 9.53 Å². The van der Waals surface area contributed by atoms with Crippen LogP contribution >= 0.6 is 0 Å². The lowest BCUT2D eigenvalue weighted by Crippen LogP contribution is -2.13. The molecule has 104 valence electrons. The van der Waals surface area contributed by atoms with Crippen molar-refractivity contribution in [2.75, 3.05) is 6.61 Å². The van der Waals surface area contributed by atoms with Crippen LogP contribution in [0.1, 0.15) is 30.1 Å². The molecule has 1 aromatic carbocycles. The van der Waals surface area contributed by atoms with Gasteiger partial charge >= 0.3 is 0 Å². The zero-order valence-corrected chi connectivity index (χ0v) is 11.3. The smallest absolute Gasteiger partial charge is 0.274 e. The lowest BCUT2D eigenvalue weighted by molar-refractivity contribution is 0.112. The molecule has 0 fully saturated rings. The largest absolute Gasteiger partial charge is 0.494 e. The van der Waals surface area contributed by atoms with Gasteiger partial charge in [0.2, 0.25) is 0 Å². The fourth-order valence-corrected chi connectivity index (χ4v) is 1.74. The van der Waals surface area contributed by atoms with E-state index in [1.54, 1.807) is 0 Å². The highest BCUT2D eigenvalue weighted by atomic mass is 16.5. The molecular weight excluding hydrogens is 256 g/mol. The van der Waals surface area contributed by atoms with E-state index in [9.17, 15) is 9.59 Å². The molecule has 1 heterocycles. The summed E-state index contributed by atoms with van der Waals surface area (Å²) in [6.45, 7) is 2.77. The Bertz CT molecular complexity index is 650. The normalized spacial score (nSPS) is 10.2. The Hall–Kier alpha value is -2.43. The number of aromatic amines is 1. The summed E-state index contributed by atoms with van der Waals surface area (Å²) in [6.07, 6.45) is 2.59. The van der Waals surface area contributed by atoms with Crippen molar-refractivity contribution in [3.63, 3.8) is 0 Å². The number of hydrogen-bond acceptors (Lipinski definition) is 4. The molecular formula is C15H16N2O3. The summed E-state index contributed by atoms with van der Waals surface area (Å²) in [7, 11) is 0. The van der Waals surface area contributed by atoms with Gasteiger partial charge in [-0.05, 0) is 24.6 Å². The van der Waals surface area contributed by atoms with Gasteiger partial charge in [0, 0.05) is 5.56 Å². The van der Waals surface area contributed by atoms with Gasteiger partial charge in [0.1, 0.15) is 5.75 Å². The number of carbonyl (C=O) groups excluding carboxylic acids is 1. The number of benzene rings is 1. The van der Waals surface area contributed by atoms with E-state index in [-0.39, 0.29) is 5.56 Å². The SMILES string of the molecule is CCCCOc1cccc(-c2cc(C=O)c(=O)[nH]n2)c1. The molecule has 0 atom stereocenters. The zero-order valence-electron chi connectivity index (χ0n) is 11.3. The first kappa shape index (κ1) is 14.0. The Kier molecular flexibility index (Phi) is 4.65. The van der Waals surface area contributed by atoms with Crippen LogP contribution in [0.5, 0.6) is 5.75 Å². The molecule has 2 aromatic rings. The molecule has 1 aromatic heterocycles. The summed E-state index contributed by atoms with van der Waals surface area (Å²) in [5.41, 5.74) is 0.900. The van der Waals surface area contributed by atoms with Crippen LogP contribution < -0.4 is 10.3 Å². The quantitative estimate of drug-likeness (QED) is 0.647. The van der Waals surface area contributed by atoms with E-state index in [0.29, 0.717) is 18.6 Å².